The van der Waals surface area contributed by atoms with Gasteiger partial charge in [0.1, 0.15) is 0 Å². The van der Waals surface area contributed by atoms with Crippen molar-refractivity contribution in [3.63, 3.8) is 0 Å². The van der Waals surface area contributed by atoms with Crippen molar-refractivity contribution in [3.05, 3.63) is 109 Å². The molecule has 2 atom stereocenters. The summed E-state index contributed by atoms with van der Waals surface area (Å²) in [5.74, 6) is 1.08. The molecule has 0 aromatic heterocycles. The largest absolute Gasteiger partial charge is 1.00 e. The first-order chi connectivity index (χ1) is 17.6. The number of hydrogen-bond acceptors (Lipinski definition) is 0. The minimum absolute atomic E-state index is 0. The first-order valence-electron chi connectivity index (χ1n) is 13.7. The summed E-state index contributed by atoms with van der Waals surface area (Å²) in [6.45, 7) is 19.0. The van der Waals surface area contributed by atoms with Gasteiger partial charge in [0.05, 0.1) is 0 Å². The van der Waals surface area contributed by atoms with E-state index in [4.69, 9.17) is 11.6 Å². The van der Waals surface area contributed by atoms with E-state index < -0.39 is 20.4 Å². The van der Waals surface area contributed by atoms with Crippen LogP contribution in [0.2, 0.25) is 5.02 Å². The summed E-state index contributed by atoms with van der Waals surface area (Å²) in [4.78, 5) is 0. The number of rotatable bonds is 5. The van der Waals surface area contributed by atoms with Crippen molar-refractivity contribution >= 4 is 35.1 Å². The molecule has 0 bridgehead atoms. The molecular weight excluding hydrogens is 634 g/mol. The maximum Gasteiger partial charge on any atom is -1.00 e. The minimum Gasteiger partial charge on any atom is -1.00 e. The molecule has 0 saturated heterocycles. The molecular formula is C34H39Cl3SiZr. The Hall–Kier alpha value is -0.890. The second kappa shape index (κ2) is 13.0. The van der Waals surface area contributed by atoms with E-state index in [2.05, 4.69) is 116 Å². The van der Waals surface area contributed by atoms with Gasteiger partial charge in [-0.15, -0.1) is 0 Å². The molecule has 2 aliphatic carbocycles. The van der Waals surface area contributed by atoms with E-state index in [0.717, 1.165) is 5.02 Å². The zero-order valence-electron chi connectivity index (χ0n) is 24.3. The molecule has 0 spiro atoms. The van der Waals surface area contributed by atoms with Crippen molar-refractivity contribution < 1.29 is 45.2 Å². The Bertz CT molecular complexity index is 1390. The van der Waals surface area contributed by atoms with Crippen molar-refractivity contribution in [2.45, 2.75) is 74.5 Å². The van der Waals surface area contributed by atoms with E-state index in [-0.39, 0.29) is 31.0 Å². The second-order valence-corrected chi connectivity index (χ2v) is 24.5. The predicted octanol–water partition coefficient (Wildman–Crippen LogP) is 3.12. The molecule has 3 aromatic rings. The van der Waals surface area contributed by atoms with Gasteiger partial charge in [0.2, 0.25) is 0 Å². The monoisotopic (exact) mass is 670 g/mol. The molecule has 2 unspecified atom stereocenters. The van der Waals surface area contributed by atoms with E-state index in [0.29, 0.717) is 19.1 Å². The third kappa shape index (κ3) is 6.03. The maximum atomic E-state index is 6.33. The fourth-order valence-corrected chi connectivity index (χ4v) is 27.0. The summed E-state index contributed by atoms with van der Waals surface area (Å²) in [6.07, 6.45) is 5.35. The normalized spacial score (nSPS) is 17.0. The third-order valence-electron chi connectivity index (χ3n) is 8.42. The average molecular weight is 673 g/mol. The SMILES string of the molecule is CC1=Cc2c(C(C)C)ccc(C)c2[CH]1[Zr+2](=[SiH]c1ccc(Cl)cc1)[CH]1C(C)=Cc2c(C(C)C)ccc(C)c21.[Cl-].[Cl-]. The van der Waals surface area contributed by atoms with E-state index in [9.17, 15) is 0 Å². The Morgan fingerprint density at radius 2 is 1.05 bits per heavy atom. The zero-order chi connectivity index (χ0) is 26.6. The molecule has 204 valence electrons. The summed E-state index contributed by atoms with van der Waals surface area (Å²) in [6, 6.07) is 18.4. The fraction of sp³-hybridized carbons (Fsp3) is 0.353. The number of aryl methyl sites for hydroxylation is 2. The number of allylic oxidation sites excluding steroid dienone is 2. The minimum atomic E-state index is -2.23. The molecule has 2 aliphatic rings. The Morgan fingerprint density at radius 1 is 0.641 bits per heavy atom. The van der Waals surface area contributed by atoms with Crippen LogP contribution in [0, 0.1) is 13.8 Å². The van der Waals surface area contributed by atoms with Crippen LogP contribution in [0.25, 0.3) is 12.2 Å². The van der Waals surface area contributed by atoms with Crippen molar-refractivity contribution in [2.24, 2.45) is 0 Å². The molecule has 0 radical (unpaired) electrons. The molecule has 3 aromatic carbocycles. The van der Waals surface area contributed by atoms with Gasteiger partial charge in [-0.3, -0.25) is 0 Å². The first-order valence-corrected chi connectivity index (χ1v) is 22.3. The topological polar surface area (TPSA) is 0 Å². The van der Waals surface area contributed by atoms with Gasteiger partial charge in [-0.2, -0.15) is 0 Å². The van der Waals surface area contributed by atoms with Crippen LogP contribution in [-0.2, 0) is 20.4 Å². The number of hydrogen-bond donors (Lipinski definition) is 0. The van der Waals surface area contributed by atoms with Gasteiger partial charge in [-0.1, -0.05) is 0 Å². The summed E-state index contributed by atoms with van der Waals surface area (Å²) < 4.78 is 1.26. The molecule has 39 heavy (non-hydrogen) atoms. The number of fused-ring (bicyclic) bond motifs is 2. The molecule has 0 aliphatic heterocycles. The summed E-state index contributed by atoms with van der Waals surface area (Å²) in [7, 11) is 0. The van der Waals surface area contributed by atoms with E-state index in [1.54, 1.807) is 33.4 Å². The van der Waals surface area contributed by atoms with Crippen LogP contribution >= 0.6 is 11.6 Å². The Balaban J connectivity index is 0.00000210. The maximum absolute atomic E-state index is 6.33. The molecule has 0 heterocycles. The van der Waals surface area contributed by atoms with Gasteiger partial charge in [-0.25, -0.2) is 0 Å². The van der Waals surface area contributed by atoms with Gasteiger partial charge in [0.25, 0.3) is 0 Å². The first kappa shape index (κ1) is 32.6. The van der Waals surface area contributed by atoms with Crippen LogP contribution in [0.1, 0.15) is 105 Å². The fourth-order valence-electron chi connectivity index (χ4n) is 6.64. The Morgan fingerprint density at radius 3 is 1.44 bits per heavy atom. The summed E-state index contributed by atoms with van der Waals surface area (Å²) in [5, 5.41) is 2.38. The molecule has 5 heteroatoms. The van der Waals surface area contributed by atoms with Crippen LogP contribution in [0.4, 0.5) is 0 Å². The molecule has 0 nitrogen and oxygen atoms in total. The average Bonchev–Trinajstić information content (AvgIpc) is 3.36. The van der Waals surface area contributed by atoms with Crippen LogP contribution in [-0.4, -0.2) is 6.16 Å². The Labute approximate surface area is 262 Å². The van der Waals surface area contributed by atoms with Crippen LogP contribution in [0.15, 0.2) is 59.7 Å². The van der Waals surface area contributed by atoms with E-state index in [1.807, 2.05) is 0 Å². The standard InChI is InChI=1S/2C14H17.C6H5ClSi.2ClH.Zr/c2*1-9(2)12-6-5-11(4)13-7-10(3)8-14(12)13;7-5-1-3-6(8)4-2-5;;;/h2*5-9H,1-4H3;1-4,8H;2*1H;/q;;;;;+2/p-2. The van der Waals surface area contributed by atoms with Crippen molar-refractivity contribution in [2.75, 3.05) is 0 Å². The van der Waals surface area contributed by atoms with Crippen LogP contribution in [0.5, 0.6) is 0 Å². The molecule has 0 fully saturated rings. The third-order valence-corrected chi connectivity index (χ3v) is 25.5. The van der Waals surface area contributed by atoms with Crippen molar-refractivity contribution in [1.82, 2.24) is 0 Å². The van der Waals surface area contributed by atoms with Gasteiger partial charge in [0, 0.05) is 0 Å². The molecule has 0 N–H and O–H groups in total. The molecule has 5 rings (SSSR count). The van der Waals surface area contributed by atoms with Gasteiger partial charge < -0.3 is 24.8 Å². The van der Waals surface area contributed by atoms with Gasteiger partial charge in [0.15, 0.2) is 0 Å². The number of halogens is 3. The van der Waals surface area contributed by atoms with Crippen LogP contribution in [0.3, 0.4) is 0 Å². The Kier molecular flexibility index (Phi) is 10.8. The van der Waals surface area contributed by atoms with Crippen LogP contribution < -0.4 is 30.0 Å². The van der Waals surface area contributed by atoms with E-state index >= 15 is 0 Å². The smallest absolute Gasteiger partial charge is 1.00 e. The quantitative estimate of drug-likeness (QED) is 0.366. The van der Waals surface area contributed by atoms with Gasteiger partial charge >= 0.3 is 239 Å². The van der Waals surface area contributed by atoms with E-state index in [1.165, 1.54) is 27.4 Å². The molecule has 0 saturated carbocycles. The number of benzene rings is 3. The zero-order valence-corrected chi connectivity index (χ0v) is 30.2. The van der Waals surface area contributed by atoms with Gasteiger partial charge in [-0.05, 0) is 0 Å². The second-order valence-electron chi connectivity index (χ2n) is 11.7. The van der Waals surface area contributed by atoms with Crippen molar-refractivity contribution in [1.29, 1.82) is 0 Å². The summed E-state index contributed by atoms with van der Waals surface area (Å²) in [5.41, 5.74) is 15.6. The predicted molar refractivity (Wildman–Crippen MR) is 162 cm³/mol. The molecule has 0 amide bonds. The summed E-state index contributed by atoms with van der Waals surface area (Å²) >= 11 is 4.09. The van der Waals surface area contributed by atoms with Crippen molar-refractivity contribution in [3.8, 4) is 0 Å².